The van der Waals surface area contributed by atoms with Crippen molar-refractivity contribution in [1.29, 1.82) is 0 Å². The van der Waals surface area contributed by atoms with Crippen LogP contribution in [0.15, 0.2) is 40.9 Å². The highest BCUT2D eigenvalue weighted by molar-refractivity contribution is 9.10. The third kappa shape index (κ3) is 2.93. The zero-order valence-electron chi connectivity index (χ0n) is 11.5. The fraction of sp³-hybridized carbons (Fsp3) is 0.294. The van der Waals surface area contributed by atoms with Crippen LogP contribution < -0.4 is 0 Å². The van der Waals surface area contributed by atoms with Crippen LogP contribution in [0.2, 0.25) is 5.02 Å². The average molecular weight is 351 g/mol. The summed E-state index contributed by atoms with van der Waals surface area (Å²) in [7, 11) is 0. The van der Waals surface area contributed by atoms with Gasteiger partial charge in [0.2, 0.25) is 0 Å². The van der Waals surface area contributed by atoms with E-state index in [1.54, 1.807) is 0 Å². The van der Waals surface area contributed by atoms with E-state index in [2.05, 4.69) is 58.1 Å². The minimum atomic E-state index is 0.873. The summed E-state index contributed by atoms with van der Waals surface area (Å²) >= 11 is 9.84. The lowest BCUT2D eigenvalue weighted by Gasteiger charge is -2.15. The molecular weight excluding hydrogens is 334 g/mol. The van der Waals surface area contributed by atoms with E-state index in [0.29, 0.717) is 0 Å². The minimum Gasteiger partial charge on any atom is -0.291 e. The van der Waals surface area contributed by atoms with Crippen LogP contribution in [-0.2, 0) is 26.1 Å². The third-order valence-corrected chi connectivity index (χ3v) is 4.66. The lowest BCUT2D eigenvalue weighted by Crippen LogP contribution is -2.15. The Hall–Kier alpha value is -0.830. The van der Waals surface area contributed by atoms with Crippen molar-refractivity contribution in [3.63, 3.8) is 0 Å². The maximum atomic E-state index is 6.33. The highest BCUT2D eigenvalue weighted by atomic mass is 79.9. The topological polar surface area (TPSA) is 3.24 Å². The Labute approximate surface area is 133 Å². The first-order valence-corrected chi connectivity index (χ1v) is 8.09. The molecule has 0 bridgehead atoms. The van der Waals surface area contributed by atoms with E-state index < -0.39 is 0 Å². The Balaban J connectivity index is 1.73. The van der Waals surface area contributed by atoms with Crippen LogP contribution in [0.4, 0.5) is 0 Å². The number of rotatable bonds is 3. The van der Waals surface area contributed by atoms with Gasteiger partial charge in [-0.3, -0.25) is 4.90 Å². The van der Waals surface area contributed by atoms with Gasteiger partial charge < -0.3 is 0 Å². The number of halogens is 2. The number of hydrogen-bond acceptors (Lipinski definition) is 1. The molecule has 0 saturated carbocycles. The summed E-state index contributed by atoms with van der Waals surface area (Å²) in [4.78, 5) is 2.43. The molecule has 0 aliphatic carbocycles. The van der Waals surface area contributed by atoms with Crippen molar-refractivity contribution in [3.8, 4) is 0 Å². The lowest BCUT2D eigenvalue weighted by molar-refractivity contribution is 0.275. The van der Waals surface area contributed by atoms with Crippen LogP contribution in [0.3, 0.4) is 0 Å². The summed E-state index contributed by atoms with van der Waals surface area (Å²) < 4.78 is 1.07. The SMILES string of the molecule is CCc1ccc(CN2Cc3cc(Br)cc(Cl)c3C2)cc1. The Morgan fingerprint density at radius 3 is 2.50 bits per heavy atom. The highest BCUT2D eigenvalue weighted by Crippen LogP contribution is 2.33. The van der Waals surface area contributed by atoms with Crippen LogP contribution in [-0.4, -0.2) is 4.90 Å². The molecule has 0 amide bonds. The van der Waals surface area contributed by atoms with Crippen LogP contribution in [0.1, 0.15) is 29.2 Å². The summed E-state index contributed by atoms with van der Waals surface area (Å²) in [5.41, 5.74) is 5.38. The first-order chi connectivity index (χ1) is 9.65. The van der Waals surface area contributed by atoms with E-state index in [9.17, 15) is 0 Å². The molecule has 2 aromatic carbocycles. The van der Waals surface area contributed by atoms with E-state index in [1.807, 2.05) is 6.07 Å². The second-order valence-electron chi connectivity index (χ2n) is 5.34. The summed E-state index contributed by atoms with van der Waals surface area (Å²) in [6.07, 6.45) is 1.10. The predicted molar refractivity (Wildman–Crippen MR) is 87.9 cm³/mol. The number of fused-ring (bicyclic) bond motifs is 1. The molecule has 1 aliphatic rings. The van der Waals surface area contributed by atoms with Crippen molar-refractivity contribution in [2.24, 2.45) is 0 Å². The summed E-state index contributed by atoms with van der Waals surface area (Å²) in [5, 5.41) is 0.873. The standard InChI is InChI=1S/C17H17BrClN/c1-2-12-3-5-13(6-4-12)9-20-10-14-7-15(18)8-17(19)16(14)11-20/h3-8H,2,9-11H2,1H3. The van der Waals surface area contributed by atoms with Crippen molar-refractivity contribution in [2.45, 2.75) is 33.0 Å². The normalized spacial score (nSPS) is 14.6. The molecule has 0 fully saturated rings. The monoisotopic (exact) mass is 349 g/mol. The highest BCUT2D eigenvalue weighted by Gasteiger charge is 2.21. The van der Waals surface area contributed by atoms with Gasteiger partial charge in [-0.1, -0.05) is 58.7 Å². The molecule has 3 rings (SSSR count). The Kier molecular flexibility index (Phi) is 4.16. The van der Waals surface area contributed by atoms with Gasteiger partial charge in [-0.05, 0) is 40.8 Å². The van der Waals surface area contributed by atoms with Gasteiger partial charge in [-0.2, -0.15) is 0 Å². The molecule has 0 atom stereocenters. The van der Waals surface area contributed by atoms with Crippen molar-refractivity contribution in [2.75, 3.05) is 0 Å². The molecule has 1 nitrogen and oxygen atoms in total. The molecule has 1 heterocycles. The average Bonchev–Trinajstić information content (AvgIpc) is 2.82. The third-order valence-electron chi connectivity index (χ3n) is 3.87. The van der Waals surface area contributed by atoms with Crippen molar-refractivity contribution in [1.82, 2.24) is 4.90 Å². The van der Waals surface area contributed by atoms with Gasteiger partial charge >= 0.3 is 0 Å². The van der Waals surface area contributed by atoms with Gasteiger partial charge in [0.1, 0.15) is 0 Å². The zero-order valence-corrected chi connectivity index (χ0v) is 13.8. The van der Waals surface area contributed by atoms with E-state index >= 15 is 0 Å². The number of hydrogen-bond donors (Lipinski definition) is 0. The Morgan fingerprint density at radius 1 is 1.10 bits per heavy atom. The van der Waals surface area contributed by atoms with Crippen molar-refractivity contribution >= 4 is 27.5 Å². The molecule has 0 spiro atoms. The quantitative estimate of drug-likeness (QED) is 0.737. The van der Waals surface area contributed by atoms with Gasteiger partial charge in [-0.25, -0.2) is 0 Å². The molecule has 3 heteroatoms. The van der Waals surface area contributed by atoms with E-state index in [0.717, 1.165) is 35.6 Å². The van der Waals surface area contributed by atoms with Gasteiger partial charge in [0.15, 0.2) is 0 Å². The summed E-state index contributed by atoms with van der Waals surface area (Å²) in [5.74, 6) is 0. The fourth-order valence-electron chi connectivity index (χ4n) is 2.75. The van der Waals surface area contributed by atoms with Crippen LogP contribution in [0, 0.1) is 0 Å². The molecule has 104 valence electrons. The molecule has 0 saturated heterocycles. The maximum Gasteiger partial charge on any atom is 0.0465 e. The first-order valence-electron chi connectivity index (χ1n) is 6.92. The van der Waals surface area contributed by atoms with E-state index in [4.69, 9.17) is 11.6 Å². The first kappa shape index (κ1) is 14.1. The maximum absolute atomic E-state index is 6.33. The van der Waals surface area contributed by atoms with Gasteiger partial charge in [0, 0.05) is 29.1 Å². The van der Waals surface area contributed by atoms with Crippen LogP contribution >= 0.6 is 27.5 Å². The zero-order chi connectivity index (χ0) is 14.1. The van der Waals surface area contributed by atoms with Crippen molar-refractivity contribution in [3.05, 3.63) is 68.1 Å². The molecule has 0 unspecified atom stereocenters. The van der Waals surface area contributed by atoms with Gasteiger partial charge in [0.05, 0.1) is 0 Å². The Morgan fingerprint density at radius 2 is 1.80 bits per heavy atom. The van der Waals surface area contributed by atoms with Gasteiger partial charge in [0.25, 0.3) is 0 Å². The van der Waals surface area contributed by atoms with Crippen LogP contribution in [0.25, 0.3) is 0 Å². The molecular formula is C17H17BrClN. The lowest BCUT2D eigenvalue weighted by atomic mass is 10.1. The molecule has 1 aliphatic heterocycles. The molecule has 0 aromatic heterocycles. The predicted octanol–water partition coefficient (Wildman–Crippen LogP) is 5.18. The molecule has 20 heavy (non-hydrogen) atoms. The van der Waals surface area contributed by atoms with E-state index in [-0.39, 0.29) is 0 Å². The molecule has 2 aromatic rings. The second-order valence-corrected chi connectivity index (χ2v) is 6.66. The van der Waals surface area contributed by atoms with Gasteiger partial charge in [-0.15, -0.1) is 0 Å². The Bertz CT molecular complexity index is 622. The number of nitrogens with zero attached hydrogens (tertiary/aromatic N) is 1. The number of aryl methyl sites for hydroxylation is 1. The fourth-order valence-corrected chi connectivity index (χ4v) is 3.68. The number of benzene rings is 2. The summed E-state index contributed by atoms with van der Waals surface area (Å²) in [6, 6.07) is 13.1. The largest absolute Gasteiger partial charge is 0.291 e. The summed E-state index contributed by atoms with van der Waals surface area (Å²) in [6.45, 7) is 5.08. The minimum absolute atomic E-state index is 0.873. The van der Waals surface area contributed by atoms with Crippen molar-refractivity contribution < 1.29 is 0 Å². The van der Waals surface area contributed by atoms with E-state index in [1.165, 1.54) is 22.3 Å². The molecule has 0 radical (unpaired) electrons. The smallest absolute Gasteiger partial charge is 0.0465 e. The van der Waals surface area contributed by atoms with Crippen LogP contribution in [0.5, 0.6) is 0 Å². The molecule has 0 N–H and O–H groups in total. The second kappa shape index (κ2) is 5.88.